The molecule has 2 saturated heterocycles. The Morgan fingerprint density at radius 3 is 1.11 bits per heavy atom. The van der Waals surface area contributed by atoms with Crippen LogP contribution in [0.2, 0.25) is 0 Å². The molecule has 0 aromatic rings. The number of hydrogen-bond acceptors (Lipinski definition) is 12. The van der Waals surface area contributed by atoms with E-state index in [2.05, 4.69) is 21.3 Å². The smallest absolute Gasteiger partial charge is 0.410 e. The van der Waals surface area contributed by atoms with Gasteiger partial charge in [-0.05, 0) is 119 Å². The zero-order valence-corrected chi connectivity index (χ0v) is 45.2. The maximum atomic E-state index is 14.4. The van der Waals surface area contributed by atoms with E-state index in [1.54, 1.807) is 41.5 Å². The first-order valence-electron chi connectivity index (χ1n) is 26.8. The maximum Gasteiger partial charge on any atom is 0.410 e. The summed E-state index contributed by atoms with van der Waals surface area (Å²) in [6.07, 6.45) is 7.62. The van der Waals surface area contributed by atoms with Gasteiger partial charge in [0.15, 0.2) is 0 Å². The van der Waals surface area contributed by atoms with Gasteiger partial charge < -0.3 is 50.8 Å². The summed E-state index contributed by atoms with van der Waals surface area (Å²) >= 11 is 0. The fourth-order valence-electron chi connectivity index (χ4n) is 11.0. The maximum absolute atomic E-state index is 14.4. The Morgan fingerprint density at radius 2 is 0.824 bits per heavy atom. The number of likely N-dealkylation sites (tertiary alicyclic amines) is 2. The zero-order chi connectivity index (χ0) is 55.0. The predicted molar refractivity (Wildman–Crippen MR) is 269 cm³/mol. The molecule has 22 heteroatoms. The number of carbonyl (C=O) groups is 10. The van der Waals surface area contributed by atoms with Crippen LogP contribution in [0.3, 0.4) is 0 Å². The van der Waals surface area contributed by atoms with Crippen molar-refractivity contribution in [3.63, 3.8) is 0 Å². The number of rotatable bonds is 16. The highest BCUT2D eigenvalue weighted by molar-refractivity contribution is 5.95. The van der Waals surface area contributed by atoms with Gasteiger partial charge in [0.25, 0.3) is 0 Å². The Morgan fingerprint density at radius 1 is 0.514 bits per heavy atom. The van der Waals surface area contributed by atoms with Crippen molar-refractivity contribution in [1.29, 1.82) is 0 Å². The third-order valence-electron chi connectivity index (χ3n) is 15.6. The van der Waals surface area contributed by atoms with E-state index in [9.17, 15) is 58.2 Å². The molecule has 3 aliphatic carbocycles. The largest absolute Gasteiger partial charge is 0.480 e. The van der Waals surface area contributed by atoms with Crippen LogP contribution in [0, 0.1) is 23.7 Å². The molecule has 416 valence electrons. The molecule has 2 aliphatic heterocycles. The summed E-state index contributed by atoms with van der Waals surface area (Å²) in [6.45, 7) is 13.1. The van der Waals surface area contributed by atoms with E-state index in [0.717, 1.165) is 48.3 Å². The SMILES string of the molecule is C[C@@H](C(=O)N[C@H](C(=O)N1C[C@@H](NC(=O)C2CCC(C(=O)N[C@H]3C[C@@H](C(=O)O)N(C(=O)[C@@H](NC(=O)[C@H](C)N(C)C(=O)OC(C)(C)C)C4CCCCC4)C3)CC2)C[C@H]1C(=O)O)C1CCCCC1)N(C)C(=O)OC(C)(C)C. The van der Waals surface area contributed by atoms with Gasteiger partial charge in [-0.3, -0.25) is 38.6 Å². The van der Waals surface area contributed by atoms with E-state index in [1.807, 2.05) is 0 Å². The Balaban J connectivity index is 1.17. The standard InChI is InChI=1S/C52H84N8O14/c1-29(57(9)49(71)73-51(3,4)5)41(61)55-39(31-17-13-11-14-18-31)45(65)59-27-35(25-37(59)47(67)68)53-43(63)33-21-23-34(24-22-33)44(64)54-36-26-38(48(69)70)60(28-36)46(66)40(32-19-15-12-16-20-32)56-42(62)30(2)58(10)50(72)74-52(6,7)8/h29-40H,11-28H2,1-10H3,(H,53,63)(H,54,64)(H,55,61)(H,56,62)(H,67,68)(H,69,70)/t29-,30-,33?,34?,35-,36-,37-,38-,39-,40-/m0/s1. The highest BCUT2D eigenvalue weighted by Crippen LogP contribution is 2.34. The predicted octanol–water partition coefficient (Wildman–Crippen LogP) is 3.77. The molecule has 0 aromatic heterocycles. The van der Waals surface area contributed by atoms with Gasteiger partial charge >= 0.3 is 24.1 Å². The summed E-state index contributed by atoms with van der Waals surface area (Å²) in [5.41, 5.74) is -1.61. The van der Waals surface area contributed by atoms with Crippen molar-refractivity contribution in [2.24, 2.45) is 23.7 Å². The van der Waals surface area contributed by atoms with Crippen molar-refractivity contribution in [3.05, 3.63) is 0 Å². The lowest BCUT2D eigenvalue weighted by atomic mass is 9.81. The summed E-state index contributed by atoms with van der Waals surface area (Å²) in [5, 5.41) is 32.2. The number of aliphatic carboxylic acids is 2. The highest BCUT2D eigenvalue weighted by Gasteiger charge is 2.48. The van der Waals surface area contributed by atoms with Gasteiger partial charge in [0, 0.05) is 63.9 Å². The Bertz CT molecular complexity index is 1930. The number of amides is 8. The first kappa shape index (κ1) is 59.2. The minimum absolute atomic E-state index is 0.0513. The fraction of sp³-hybridized carbons (Fsp3) is 0.808. The molecule has 0 radical (unpaired) electrons. The number of nitrogens with zero attached hydrogens (tertiary/aromatic N) is 4. The van der Waals surface area contributed by atoms with Crippen molar-refractivity contribution >= 4 is 59.6 Å². The molecule has 22 nitrogen and oxygen atoms in total. The number of carboxylic acids is 2. The molecule has 8 atom stereocenters. The number of ether oxygens (including phenoxy) is 2. The van der Waals surface area contributed by atoms with Crippen molar-refractivity contribution in [1.82, 2.24) is 40.9 Å². The van der Waals surface area contributed by atoms with Crippen LogP contribution in [0.25, 0.3) is 0 Å². The molecule has 0 unspecified atom stereocenters. The van der Waals surface area contributed by atoms with Gasteiger partial charge in [0.1, 0.15) is 47.5 Å². The second-order valence-electron chi connectivity index (χ2n) is 23.4. The van der Waals surface area contributed by atoms with Gasteiger partial charge in [0.2, 0.25) is 35.4 Å². The molecule has 0 spiro atoms. The third kappa shape index (κ3) is 15.7. The number of nitrogens with one attached hydrogen (secondary N) is 4. The van der Waals surface area contributed by atoms with Crippen LogP contribution in [0.4, 0.5) is 9.59 Å². The molecule has 0 aromatic carbocycles. The van der Waals surface area contributed by atoms with Crippen LogP contribution in [0.5, 0.6) is 0 Å². The van der Waals surface area contributed by atoms with Gasteiger partial charge in [-0.15, -0.1) is 0 Å². The summed E-state index contributed by atoms with van der Waals surface area (Å²) in [5.74, 6) is -7.00. The molecular weight excluding hydrogens is 961 g/mol. The lowest BCUT2D eigenvalue weighted by molar-refractivity contribution is -0.150. The molecular formula is C52H84N8O14. The van der Waals surface area contributed by atoms with Gasteiger partial charge in [-0.2, -0.15) is 0 Å². The molecule has 6 N–H and O–H groups in total. The molecule has 0 bridgehead atoms. The molecule has 5 aliphatic rings. The van der Waals surface area contributed by atoms with E-state index in [4.69, 9.17) is 9.47 Å². The van der Waals surface area contributed by atoms with Crippen LogP contribution in [-0.4, -0.2) is 176 Å². The summed E-state index contributed by atoms with van der Waals surface area (Å²) in [4.78, 5) is 139. The third-order valence-corrected chi connectivity index (χ3v) is 15.6. The number of hydrogen-bond donors (Lipinski definition) is 6. The van der Waals surface area contributed by atoms with Crippen molar-refractivity contribution in [2.75, 3.05) is 27.2 Å². The van der Waals surface area contributed by atoms with Crippen LogP contribution in [0.15, 0.2) is 0 Å². The summed E-state index contributed by atoms with van der Waals surface area (Å²) < 4.78 is 10.9. The minimum Gasteiger partial charge on any atom is -0.480 e. The minimum atomic E-state index is -1.27. The Labute approximate surface area is 435 Å². The van der Waals surface area contributed by atoms with E-state index < -0.39 is 119 Å². The molecule has 3 saturated carbocycles. The Hall–Kier alpha value is -5.70. The van der Waals surface area contributed by atoms with Crippen LogP contribution in [-0.2, 0) is 47.8 Å². The van der Waals surface area contributed by atoms with Crippen molar-refractivity contribution in [2.45, 2.75) is 218 Å². The lowest BCUT2D eigenvalue weighted by Gasteiger charge is -2.35. The van der Waals surface area contributed by atoms with Gasteiger partial charge in [-0.25, -0.2) is 19.2 Å². The van der Waals surface area contributed by atoms with Crippen LogP contribution < -0.4 is 21.3 Å². The Kier molecular flexibility index (Phi) is 20.2. The zero-order valence-electron chi connectivity index (χ0n) is 45.2. The molecule has 8 amide bonds. The molecule has 74 heavy (non-hydrogen) atoms. The van der Waals surface area contributed by atoms with Gasteiger partial charge in [0.05, 0.1) is 0 Å². The second-order valence-corrected chi connectivity index (χ2v) is 23.4. The van der Waals surface area contributed by atoms with E-state index in [1.165, 1.54) is 37.7 Å². The quantitative estimate of drug-likeness (QED) is 0.128. The topological polar surface area (TPSA) is 291 Å². The highest BCUT2D eigenvalue weighted by atomic mass is 16.6. The van der Waals surface area contributed by atoms with Crippen molar-refractivity contribution < 1.29 is 67.6 Å². The summed E-state index contributed by atoms with van der Waals surface area (Å²) in [7, 11) is 2.85. The number of carboxylic acid groups (broad SMARTS) is 2. The average Bonchev–Trinajstić information content (AvgIpc) is 3.98. The first-order chi connectivity index (χ1) is 34.6. The fourth-order valence-corrected chi connectivity index (χ4v) is 11.0. The first-order valence-corrected chi connectivity index (χ1v) is 26.8. The van der Waals surface area contributed by atoms with Crippen LogP contribution >= 0.6 is 0 Å². The average molecular weight is 1050 g/mol. The second kappa shape index (κ2) is 25.2. The monoisotopic (exact) mass is 1040 g/mol. The van der Waals surface area contributed by atoms with Crippen molar-refractivity contribution in [3.8, 4) is 0 Å². The number of likely N-dealkylation sites (N-methyl/N-ethyl adjacent to an activating group) is 2. The van der Waals surface area contributed by atoms with E-state index >= 15 is 0 Å². The lowest BCUT2D eigenvalue weighted by Crippen LogP contribution is -2.58. The van der Waals surface area contributed by atoms with Gasteiger partial charge in [-0.1, -0.05) is 38.5 Å². The van der Waals surface area contributed by atoms with E-state index in [0.29, 0.717) is 51.4 Å². The number of carbonyl (C=O) groups excluding carboxylic acids is 8. The molecule has 2 heterocycles. The van der Waals surface area contributed by atoms with E-state index in [-0.39, 0.29) is 49.6 Å². The van der Waals surface area contributed by atoms with Crippen LogP contribution in [0.1, 0.15) is 158 Å². The molecule has 5 rings (SSSR count). The molecule has 5 fully saturated rings. The normalized spacial score (nSPS) is 25.5. The summed E-state index contributed by atoms with van der Waals surface area (Å²) in [6, 6.07) is -8.06.